The molecule has 2 aromatic rings. The van der Waals surface area contributed by atoms with Crippen LogP contribution in [0.4, 0.5) is 0 Å². The first kappa shape index (κ1) is 25.8. The standard InChI is InChI=1S/C13H19N2OSi.3C4H9.Sn/c1-13(2,3)17(4,5)16-11-7-6-10-9-14-15-12(10)8-11;3*1-3-4-2;/h6-8H,1-5H3,(H,14,15);3*1,3-4H2,2H3;. The van der Waals surface area contributed by atoms with E-state index in [2.05, 4.69) is 77.9 Å². The summed E-state index contributed by atoms with van der Waals surface area (Å²) in [5.74, 6) is 1.00. The molecule has 1 aromatic carbocycles. The molecule has 0 saturated carbocycles. The zero-order valence-corrected chi connectivity index (χ0v) is 24.8. The van der Waals surface area contributed by atoms with Crippen molar-refractivity contribution in [3.05, 3.63) is 18.2 Å². The van der Waals surface area contributed by atoms with Gasteiger partial charge in [-0.3, -0.25) is 0 Å². The molecule has 2 rings (SSSR count). The van der Waals surface area contributed by atoms with Crippen LogP contribution in [-0.4, -0.2) is 36.9 Å². The van der Waals surface area contributed by atoms with Gasteiger partial charge in [0.2, 0.25) is 0 Å². The number of benzene rings is 1. The molecule has 30 heavy (non-hydrogen) atoms. The number of rotatable bonds is 12. The number of H-pyrrole nitrogens is 1. The van der Waals surface area contributed by atoms with Gasteiger partial charge in [-0.1, -0.05) is 0 Å². The van der Waals surface area contributed by atoms with E-state index >= 15 is 0 Å². The summed E-state index contributed by atoms with van der Waals surface area (Å²) in [6.45, 7) is 18.5. The zero-order valence-electron chi connectivity index (χ0n) is 21.0. The molecule has 1 N–H and O–H groups in total. The Morgan fingerprint density at radius 2 is 1.47 bits per heavy atom. The fraction of sp³-hybridized carbons (Fsp3) is 0.720. The van der Waals surface area contributed by atoms with Gasteiger partial charge in [-0.2, -0.15) is 0 Å². The van der Waals surface area contributed by atoms with Gasteiger partial charge in [0.05, 0.1) is 0 Å². The number of nitrogens with zero attached hydrogens (tertiary/aromatic N) is 1. The van der Waals surface area contributed by atoms with Crippen molar-refractivity contribution in [2.24, 2.45) is 0 Å². The molecule has 5 heteroatoms. The number of hydrogen-bond donors (Lipinski definition) is 1. The quantitative estimate of drug-likeness (QED) is 0.279. The molecule has 170 valence electrons. The summed E-state index contributed by atoms with van der Waals surface area (Å²) in [5.41, 5.74) is 1.17. The van der Waals surface area contributed by atoms with Crippen LogP contribution in [0.2, 0.25) is 31.4 Å². The molecule has 0 aliphatic carbocycles. The van der Waals surface area contributed by atoms with Gasteiger partial charge >= 0.3 is 191 Å². The van der Waals surface area contributed by atoms with Crippen molar-refractivity contribution in [3.8, 4) is 5.75 Å². The summed E-state index contributed by atoms with van der Waals surface area (Å²) in [6, 6.07) is 6.73. The van der Waals surface area contributed by atoms with Gasteiger partial charge in [0.1, 0.15) is 0 Å². The molecule has 0 aliphatic heterocycles. The minimum absolute atomic E-state index is 0.202. The van der Waals surface area contributed by atoms with Gasteiger partial charge in [0, 0.05) is 0 Å². The number of aromatic nitrogens is 2. The first-order valence-corrected chi connectivity index (χ1v) is 22.7. The van der Waals surface area contributed by atoms with Gasteiger partial charge in [-0.25, -0.2) is 0 Å². The fourth-order valence-electron chi connectivity index (χ4n) is 4.19. The Balaban J connectivity index is 2.44. The molecular weight excluding hydrogens is 491 g/mol. The van der Waals surface area contributed by atoms with Gasteiger partial charge in [-0.15, -0.1) is 0 Å². The average Bonchev–Trinajstić information content (AvgIpc) is 3.10. The number of hydrogen-bond acceptors (Lipinski definition) is 2. The third-order valence-corrected chi connectivity index (χ3v) is 26.8. The molecule has 1 aromatic heterocycles. The Morgan fingerprint density at radius 1 is 0.933 bits per heavy atom. The van der Waals surface area contributed by atoms with Crippen LogP contribution in [-0.2, 0) is 0 Å². The number of aromatic amines is 1. The van der Waals surface area contributed by atoms with E-state index in [0.717, 1.165) is 5.75 Å². The topological polar surface area (TPSA) is 37.9 Å². The van der Waals surface area contributed by atoms with Gasteiger partial charge in [-0.05, 0) is 0 Å². The van der Waals surface area contributed by atoms with E-state index in [9.17, 15) is 0 Å². The van der Waals surface area contributed by atoms with E-state index in [1.807, 2.05) is 0 Å². The van der Waals surface area contributed by atoms with Crippen LogP contribution in [0.5, 0.6) is 5.75 Å². The van der Waals surface area contributed by atoms with Crippen molar-refractivity contribution in [1.82, 2.24) is 10.2 Å². The Hall–Kier alpha value is -0.494. The molecule has 0 spiro atoms. The maximum atomic E-state index is 6.57. The van der Waals surface area contributed by atoms with Crippen LogP contribution >= 0.6 is 0 Å². The van der Waals surface area contributed by atoms with Crippen LogP contribution in [0.1, 0.15) is 80.1 Å². The van der Waals surface area contributed by atoms with Gasteiger partial charge in [0.25, 0.3) is 0 Å². The van der Waals surface area contributed by atoms with Crippen LogP contribution in [0, 0.1) is 0 Å². The van der Waals surface area contributed by atoms with Crippen molar-refractivity contribution < 1.29 is 4.43 Å². The summed E-state index contributed by atoms with van der Waals surface area (Å²) in [5, 5.41) is 10.0. The molecule has 0 bridgehead atoms. The molecule has 0 amide bonds. The zero-order chi connectivity index (χ0) is 22.4. The minimum atomic E-state index is -2.54. The SMILES string of the molecule is CCC[CH2][Sn]([CH2]CCC)([CH2]CCC)[c]1n[nH]c2cc(O[Si](C)(C)C(C)(C)C)ccc12. The van der Waals surface area contributed by atoms with Crippen molar-refractivity contribution in [1.29, 1.82) is 0 Å². The Morgan fingerprint density at radius 3 is 1.93 bits per heavy atom. The van der Waals surface area contributed by atoms with E-state index in [-0.39, 0.29) is 5.04 Å². The van der Waals surface area contributed by atoms with Gasteiger partial charge in [0.15, 0.2) is 0 Å². The van der Waals surface area contributed by atoms with Crippen LogP contribution < -0.4 is 8.14 Å². The molecule has 0 unspecified atom stereocenters. The third-order valence-electron chi connectivity index (χ3n) is 7.24. The van der Waals surface area contributed by atoms with Crippen LogP contribution in [0.15, 0.2) is 18.2 Å². The van der Waals surface area contributed by atoms with Gasteiger partial charge < -0.3 is 0 Å². The molecule has 0 aliphatic rings. The second-order valence-electron chi connectivity index (χ2n) is 10.7. The van der Waals surface area contributed by atoms with Crippen molar-refractivity contribution in [3.63, 3.8) is 0 Å². The summed E-state index contributed by atoms with van der Waals surface area (Å²) < 4.78 is 12.4. The van der Waals surface area contributed by atoms with Crippen LogP contribution in [0.3, 0.4) is 0 Å². The second-order valence-corrected chi connectivity index (χ2v) is 28.4. The third kappa shape index (κ3) is 6.05. The number of nitrogens with one attached hydrogen (secondary N) is 1. The van der Waals surface area contributed by atoms with E-state index in [1.165, 1.54) is 66.4 Å². The van der Waals surface area contributed by atoms with E-state index in [0.29, 0.717) is 0 Å². The summed E-state index contributed by atoms with van der Waals surface area (Å²) in [7, 11) is -1.84. The van der Waals surface area contributed by atoms with E-state index in [4.69, 9.17) is 9.52 Å². The maximum absolute atomic E-state index is 6.57. The monoisotopic (exact) mass is 538 g/mol. The Kier molecular flexibility index (Phi) is 9.35. The molecule has 1 heterocycles. The fourth-order valence-corrected chi connectivity index (χ4v) is 21.3. The molecule has 3 nitrogen and oxygen atoms in total. The molecule has 0 atom stereocenters. The van der Waals surface area contributed by atoms with Crippen LogP contribution in [0.25, 0.3) is 10.9 Å². The first-order valence-electron chi connectivity index (χ1n) is 12.3. The molecule has 0 saturated heterocycles. The molecule has 0 fully saturated rings. The Labute approximate surface area is 190 Å². The second kappa shape index (κ2) is 10.9. The van der Waals surface area contributed by atoms with Crippen molar-refractivity contribution in [2.75, 3.05) is 0 Å². The predicted molar refractivity (Wildman–Crippen MR) is 138 cm³/mol. The summed E-state index contributed by atoms with van der Waals surface area (Å²) >= 11 is -2.54. The number of fused-ring (bicyclic) bond motifs is 1. The Bertz CT molecular complexity index is 772. The average molecular weight is 537 g/mol. The van der Waals surface area contributed by atoms with Crippen molar-refractivity contribution >= 4 is 41.3 Å². The normalized spacial score (nSPS) is 13.2. The summed E-state index contributed by atoms with van der Waals surface area (Å²) in [4.78, 5) is 0. The predicted octanol–water partition coefficient (Wildman–Crippen LogP) is 8.00. The van der Waals surface area contributed by atoms with E-state index < -0.39 is 26.7 Å². The molecular formula is C25H46N2OSiSn. The number of unbranched alkanes of at least 4 members (excludes halogenated alkanes) is 3. The molecule has 0 radical (unpaired) electrons. The summed E-state index contributed by atoms with van der Waals surface area (Å²) in [6.07, 6.45) is 7.98. The first-order chi connectivity index (χ1) is 14.1. The van der Waals surface area contributed by atoms with Crippen molar-refractivity contribution in [2.45, 2.75) is 112 Å². The van der Waals surface area contributed by atoms with E-state index in [1.54, 1.807) is 0 Å².